The lowest BCUT2D eigenvalue weighted by Crippen LogP contribution is -1.99. The van der Waals surface area contributed by atoms with Crippen LogP contribution in [0.25, 0.3) is 5.78 Å². The minimum absolute atomic E-state index is 0.414. The second-order valence-electron chi connectivity index (χ2n) is 4.20. The van der Waals surface area contributed by atoms with Gasteiger partial charge in [-0.3, -0.25) is 4.40 Å². The zero-order chi connectivity index (χ0) is 13.1. The van der Waals surface area contributed by atoms with Crippen LogP contribution in [0, 0.1) is 0 Å². The molecule has 2 heterocycles. The van der Waals surface area contributed by atoms with E-state index in [9.17, 15) is 0 Å². The second-order valence-corrected chi connectivity index (χ2v) is 4.20. The summed E-state index contributed by atoms with van der Waals surface area (Å²) in [5.74, 6) is 1.48. The first-order valence-electron chi connectivity index (χ1n) is 6.05. The topological polar surface area (TPSA) is 65.4 Å². The molecule has 0 bridgehead atoms. The van der Waals surface area contributed by atoms with Crippen molar-refractivity contribution in [2.45, 2.75) is 13.2 Å². The van der Waals surface area contributed by atoms with Crippen molar-refractivity contribution in [3.8, 4) is 5.75 Å². The highest BCUT2D eigenvalue weighted by molar-refractivity contribution is 5.31. The molecule has 1 aromatic carbocycles. The minimum atomic E-state index is 0.414. The van der Waals surface area contributed by atoms with E-state index in [-0.39, 0.29) is 0 Å². The van der Waals surface area contributed by atoms with Gasteiger partial charge in [-0.05, 0) is 23.8 Å². The molecule has 19 heavy (non-hydrogen) atoms. The zero-order valence-corrected chi connectivity index (χ0v) is 10.4. The molecule has 0 radical (unpaired) electrons. The first kappa shape index (κ1) is 11.7. The molecular formula is C14H14N4O. The molecule has 0 aliphatic heterocycles. The standard InChI is InChI=1S/C14H14N4O/c15-8-11-3-1-4-13(7-11)19-10-12-9-18-6-2-5-16-14(18)17-12/h1-7,9H,8,10,15H2. The van der Waals surface area contributed by atoms with E-state index >= 15 is 0 Å². The molecule has 0 saturated heterocycles. The van der Waals surface area contributed by atoms with Crippen LogP contribution >= 0.6 is 0 Å². The molecule has 0 spiro atoms. The van der Waals surface area contributed by atoms with Crippen LogP contribution in [0.1, 0.15) is 11.3 Å². The van der Waals surface area contributed by atoms with Crippen molar-refractivity contribution in [1.82, 2.24) is 14.4 Å². The Morgan fingerprint density at radius 3 is 3.05 bits per heavy atom. The van der Waals surface area contributed by atoms with Crippen LogP contribution in [0.4, 0.5) is 0 Å². The average molecular weight is 254 g/mol. The molecule has 0 amide bonds. The van der Waals surface area contributed by atoms with Crippen molar-refractivity contribution in [1.29, 1.82) is 0 Å². The summed E-state index contributed by atoms with van der Waals surface area (Å²) in [6.45, 7) is 0.923. The predicted octanol–water partition coefficient (Wildman–Crippen LogP) is 1.77. The third-order valence-corrected chi connectivity index (χ3v) is 2.81. The number of benzene rings is 1. The summed E-state index contributed by atoms with van der Waals surface area (Å²) in [4.78, 5) is 8.54. The Morgan fingerprint density at radius 1 is 1.26 bits per heavy atom. The Morgan fingerprint density at radius 2 is 2.21 bits per heavy atom. The first-order valence-corrected chi connectivity index (χ1v) is 6.05. The summed E-state index contributed by atoms with van der Waals surface area (Å²) in [6.07, 6.45) is 5.54. The molecule has 0 fully saturated rings. The van der Waals surface area contributed by atoms with Gasteiger partial charge in [0.15, 0.2) is 0 Å². The Kier molecular flexibility index (Phi) is 3.12. The molecule has 96 valence electrons. The van der Waals surface area contributed by atoms with Gasteiger partial charge in [0, 0.05) is 25.1 Å². The Bertz CT molecular complexity index is 659. The van der Waals surface area contributed by atoms with E-state index in [2.05, 4.69) is 9.97 Å². The van der Waals surface area contributed by atoms with E-state index in [0.717, 1.165) is 17.0 Å². The molecule has 5 nitrogen and oxygen atoms in total. The van der Waals surface area contributed by atoms with Crippen molar-refractivity contribution in [3.63, 3.8) is 0 Å². The van der Waals surface area contributed by atoms with Gasteiger partial charge >= 0.3 is 0 Å². The molecule has 2 N–H and O–H groups in total. The van der Waals surface area contributed by atoms with E-state index in [1.807, 2.05) is 47.1 Å². The van der Waals surface area contributed by atoms with E-state index < -0.39 is 0 Å². The lowest BCUT2D eigenvalue weighted by atomic mass is 10.2. The van der Waals surface area contributed by atoms with Gasteiger partial charge < -0.3 is 10.5 Å². The lowest BCUT2D eigenvalue weighted by molar-refractivity contribution is 0.302. The van der Waals surface area contributed by atoms with Gasteiger partial charge in [0.05, 0.1) is 5.69 Å². The number of ether oxygens (including phenoxy) is 1. The van der Waals surface area contributed by atoms with Crippen LogP contribution in [0.5, 0.6) is 5.75 Å². The minimum Gasteiger partial charge on any atom is -0.487 e. The number of rotatable bonds is 4. The smallest absolute Gasteiger partial charge is 0.234 e. The largest absolute Gasteiger partial charge is 0.487 e. The van der Waals surface area contributed by atoms with Gasteiger partial charge in [-0.2, -0.15) is 0 Å². The van der Waals surface area contributed by atoms with Crippen LogP contribution in [-0.2, 0) is 13.2 Å². The molecule has 0 atom stereocenters. The summed E-state index contributed by atoms with van der Waals surface area (Å²) >= 11 is 0. The monoisotopic (exact) mass is 254 g/mol. The van der Waals surface area contributed by atoms with Crippen molar-refractivity contribution in [2.24, 2.45) is 5.73 Å². The molecule has 0 aliphatic carbocycles. The van der Waals surface area contributed by atoms with Gasteiger partial charge in [0.2, 0.25) is 5.78 Å². The van der Waals surface area contributed by atoms with Crippen LogP contribution in [-0.4, -0.2) is 14.4 Å². The fraction of sp³-hybridized carbons (Fsp3) is 0.143. The van der Waals surface area contributed by atoms with E-state index in [0.29, 0.717) is 18.9 Å². The number of nitrogens with two attached hydrogens (primary N) is 1. The number of nitrogens with zero attached hydrogens (tertiary/aromatic N) is 3. The quantitative estimate of drug-likeness (QED) is 0.770. The number of imidazole rings is 1. The zero-order valence-electron chi connectivity index (χ0n) is 10.4. The highest BCUT2D eigenvalue weighted by Gasteiger charge is 2.03. The summed E-state index contributed by atoms with van der Waals surface area (Å²) in [5.41, 5.74) is 7.49. The van der Waals surface area contributed by atoms with Gasteiger partial charge in [-0.1, -0.05) is 12.1 Å². The first-order chi connectivity index (χ1) is 9.35. The highest BCUT2D eigenvalue weighted by atomic mass is 16.5. The van der Waals surface area contributed by atoms with Gasteiger partial charge in [0.25, 0.3) is 0 Å². The van der Waals surface area contributed by atoms with Crippen LogP contribution in [0.15, 0.2) is 48.9 Å². The molecule has 3 aromatic rings. The highest BCUT2D eigenvalue weighted by Crippen LogP contribution is 2.14. The Balaban J connectivity index is 1.74. The number of fused-ring (bicyclic) bond motifs is 1. The van der Waals surface area contributed by atoms with Gasteiger partial charge in [-0.15, -0.1) is 0 Å². The van der Waals surface area contributed by atoms with Crippen LogP contribution in [0.2, 0.25) is 0 Å². The van der Waals surface area contributed by atoms with Crippen LogP contribution in [0.3, 0.4) is 0 Å². The molecule has 0 unspecified atom stereocenters. The van der Waals surface area contributed by atoms with Crippen molar-refractivity contribution >= 4 is 5.78 Å². The summed E-state index contributed by atoms with van der Waals surface area (Å²) in [5, 5.41) is 0. The fourth-order valence-electron chi connectivity index (χ4n) is 1.87. The van der Waals surface area contributed by atoms with Crippen molar-refractivity contribution < 1.29 is 4.74 Å². The van der Waals surface area contributed by atoms with E-state index in [4.69, 9.17) is 10.5 Å². The normalized spacial score (nSPS) is 10.8. The molecule has 5 heteroatoms. The molecule has 0 aliphatic rings. The molecule has 2 aromatic heterocycles. The number of hydrogen-bond acceptors (Lipinski definition) is 4. The second kappa shape index (κ2) is 5.07. The van der Waals surface area contributed by atoms with E-state index in [1.54, 1.807) is 6.20 Å². The SMILES string of the molecule is NCc1cccc(OCc2cn3cccnc3n2)c1. The van der Waals surface area contributed by atoms with Crippen molar-refractivity contribution in [2.75, 3.05) is 0 Å². The Hall–Kier alpha value is -2.40. The van der Waals surface area contributed by atoms with Gasteiger partial charge in [0.1, 0.15) is 12.4 Å². The third kappa shape index (κ3) is 2.56. The Labute approximate surface area is 110 Å². The fourth-order valence-corrected chi connectivity index (χ4v) is 1.87. The summed E-state index contributed by atoms with van der Waals surface area (Å²) in [6, 6.07) is 9.62. The maximum absolute atomic E-state index is 5.70. The predicted molar refractivity (Wildman–Crippen MR) is 71.7 cm³/mol. The van der Waals surface area contributed by atoms with Crippen molar-refractivity contribution in [3.05, 3.63) is 60.2 Å². The average Bonchev–Trinajstić information content (AvgIpc) is 2.88. The molecule has 3 rings (SSSR count). The number of aromatic nitrogens is 3. The molecule has 0 saturated carbocycles. The van der Waals surface area contributed by atoms with Crippen LogP contribution < -0.4 is 10.5 Å². The molecular weight excluding hydrogens is 240 g/mol. The third-order valence-electron chi connectivity index (χ3n) is 2.81. The summed E-state index contributed by atoms with van der Waals surface area (Å²) in [7, 11) is 0. The van der Waals surface area contributed by atoms with E-state index in [1.165, 1.54) is 0 Å². The lowest BCUT2D eigenvalue weighted by Gasteiger charge is -2.05. The summed E-state index contributed by atoms with van der Waals surface area (Å²) < 4.78 is 7.57. The maximum atomic E-state index is 5.70. The maximum Gasteiger partial charge on any atom is 0.234 e. The number of hydrogen-bond donors (Lipinski definition) is 1. The van der Waals surface area contributed by atoms with Gasteiger partial charge in [-0.25, -0.2) is 9.97 Å².